The number of ether oxygens (including phenoxy) is 3. The van der Waals surface area contributed by atoms with Gasteiger partial charge in [0.15, 0.2) is 0 Å². The van der Waals surface area contributed by atoms with Crippen LogP contribution in [0.2, 0.25) is 5.02 Å². The molecule has 204 valence electrons. The van der Waals surface area contributed by atoms with E-state index in [1.807, 2.05) is 24.3 Å². The third-order valence-corrected chi connectivity index (χ3v) is 6.76. The summed E-state index contributed by atoms with van der Waals surface area (Å²) < 4.78 is 16.6. The number of hydrogen-bond donors (Lipinski definition) is 2. The second-order valence-electron chi connectivity index (χ2n) is 9.08. The molecule has 0 aliphatic carbocycles. The highest BCUT2D eigenvalue weighted by Gasteiger charge is 2.29. The van der Waals surface area contributed by atoms with E-state index in [2.05, 4.69) is 15.3 Å². The fourth-order valence-electron chi connectivity index (χ4n) is 4.36. The first kappa shape index (κ1) is 27.0. The maximum Gasteiger partial charge on any atom is 0.311 e. The number of pyridine rings is 2. The van der Waals surface area contributed by atoms with Crippen molar-refractivity contribution in [2.45, 2.75) is 18.8 Å². The highest BCUT2D eigenvalue weighted by atomic mass is 35.5. The van der Waals surface area contributed by atoms with Crippen molar-refractivity contribution in [1.82, 2.24) is 15.3 Å². The van der Waals surface area contributed by atoms with Crippen LogP contribution in [-0.2, 0) is 11.2 Å². The van der Waals surface area contributed by atoms with Crippen LogP contribution in [0.25, 0.3) is 11.3 Å². The Hall–Kier alpha value is -4.63. The van der Waals surface area contributed by atoms with Crippen LogP contribution in [0.4, 0.5) is 0 Å². The van der Waals surface area contributed by atoms with Crippen molar-refractivity contribution in [2.75, 3.05) is 20.3 Å². The number of nitrogens with one attached hydrogen (secondary N) is 1. The van der Waals surface area contributed by atoms with Crippen molar-refractivity contribution < 1.29 is 28.9 Å². The number of halogens is 1. The lowest BCUT2D eigenvalue weighted by molar-refractivity contribution is -0.139. The molecule has 2 N–H and O–H groups in total. The second kappa shape index (κ2) is 12.0. The zero-order chi connectivity index (χ0) is 28.1. The largest absolute Gasteiger partial charge is 0.493 e. The van der Waals surface area contributed by atoms with Gasteiger partial charge >= 0.3 is 5.97 Å². The number of aromatic nitrogens is 2. The van der Waals surface area contributed by atoms with E-state index in [4.69, 9.17) is 25.8 Å². The number of methoxy groups -OCH3 is 1. The van der Waals surface area contributed by atoms with E-state index in [9.17, 15) is 14.7 Å². The number of rotatable bonds is 9. The zero-order valence-electron chi connectivity index (χ0n) is 21.6. The third kappa shape index (κ3) is 6.16. The summed E-state index contributed by atoms with van der Waals surface area (Å²) in [4.78, 5) is 33.1. The fourth-order valence-corrected chi connectivity index (χ4v) is 4.57. The smallest absolute Gasteiger partial charge is 0.311 e. The van der Waals surface area contributed by atoms with E-state index in [-0.39, 0.29) is 10.9 Å². The van der Waals surface area contributed by atoms with Crippen molar-refractivity contribution in [3.05, 3.63) is 94.8 Å². The summed E-state index contributed by atoms with van der Waals surface area (Å²) in [5.41, 5.74) is 3.52. The van der Waals surface area contributed by atoms with Gasteiger partial charge in [-0.2, -0.15) is 0 Å². The van der Waals surface area contributed by atoms with Gasteiger partial charge in [0.05, 0.1) is 30.4 Å². The van der Waals surface area contributed by atoms with Crippen molar-refractivity contribution in [3.63, 3.8) is 0 Å². The Kier molecular flexibility index (Phi) is 8.12. The molecule has 2 aromatic carbocycles. The first-order valence-electron chi connectivity index (χ1n) is 12.6. The Bertz CT molecular complexity index is 1530. The standard InChI is InChI=1S/C30H26ClN3O6/c1-38-28-10-7-19(17-33-28)25-4-2-3-20(34-25)11-13-32-29(35)18-5-8-21(9-6-18)40-27-16-26-23(15-24(27)31)22(30(36)37)12-14-39-26/h2-10,15-17,22H,11-14H2,1H3,(H,32,35)(H,36,37). The van der Waals surface area contributed by atoms with Crippen LogP contribution in [-0.4, -0.2) is 47.2 Å². The van der Waals surface area contributed by atoms with E-state index >= 15 is 0 Å². The van der Waals surface area contributed by atoms with Crippen LogP contribution in [0.3, 0.4) is 0 Å². The Balaban J connectivity index is 1.17. The lowest BCUT2D eigenvalue weighted by Gasteiger charge is -2.24. The molecule has 9 nitrogen and oxygen atoms in total. The molecule has 0 bridgehead atoms. The van der Waals surface area contributed by atoms with E-state index in [0.717, 1.165) is 17.0 Å². The van der Waals surface area contributed by atoms with Crippen LogP contribution in [0.1, 0.15) is 34.0 Å². The van der Waals surface area contributed by atoms with Gasteiger partial charge in [-0.05, 0) is 55.0 Å². The Morgan fingerprint density at radius 1 is 1.12 bits per heavy atom. The fraction of sp³-hybridized carbons (Fsp3) is 0.200. The maximum atomic E-state index is 12.7. The molecular formula is C30H26ClN3O6. The molecule has 3 heterocycles. The molecule has 1 aliphatic heterocycles. The molecule has 0 radical (unpaired) electrons. The van der Waals surface area contributed by atoms with Crippen LogP contribution in [0.5, 0.6) is 23.1 Å². The van der Waals surface area contributed by atoms with E-state index < -0.39 is 11.9 Å². The molecule has 1 aliphatic rings. The van der Waals surface area contributed by atoms with Gasteiger partial charge in [0.2, 0.25) is 5.88 Å². The molecule has 1 unspecified atom stereocenters. The predicted molar refractivity (Wildman–Crippen MR) is 149 cm³/mol. The van der Waals surface area contributed by atoms with Gasteiger partial charge in [0, 0.05) is 53.7 Å². The van der Waals surface area contributed by atoms with Crippen molar-refractivity contribution >= 4 is 23.5 Å². The molecule has 10 heteroatoms. The molecule has 0 spiro atoms. The van der Waals surface area contributed by atoms with Crippen molar-refractivity contribution in [2.24, 2.45) is 0 Å². The van der Waals surface area contributed by atoms with E-state index in [0.29, 0.717) is 60.2 Å². The Morgan fingerprint density at radius 2 is 1.95 bits per heavy atom. The van der Waals surface area contributed by atoms with E-state index in [1.165, 1.54) is 0 Å². The first-order valence-corrected chi connectivity index (χ1v) is 13.0. The summed E-state index contributed by atoms with van der Waals surface area (Å²) in [6.07, 6.45) is 2.65. The number of nitrogens with zero attached hydrogens (tertiary/aromatic N) is 2. The summed E-state index contributed by atoms with van der Waals surface area (Å²) in [6.45, 7) is 0.715. The summed E-state index contributed by atoms with van der Waals surface area (Å²) in [6, 6.07) is 19.2. The molecule has 0 saturated carbocycles. The number of amides is 1. The van der Waals surface area contributed by atoms with Gasteiger partial charge in [0.1, 0.15) is 17.2 Å². The number of carboxylic acids is 1. The van der Waals surface area contributed by atoms with Gasteiger partial charge in [-0.3, -0.25) is 14.6 Å². The molecule has 0 saturated heterocycles. The minimum Gasteiger partial charge on any atom is -0.493 e. The number of fused-ring (bicyclic) bond motifs is 1. The summed E-state index contributed by atoms with van der Waals surface area (Å²) >= 11 is 6.38. The number of benzene rings is 2. The first-order chi connectivity index (χ1) is 19.4. The molecule has 40 heavy (non-hydrogen) atoms. The number of hydrogen-bond acceptors (Lipinski definition) is 7. The minimum absolute atomic E-state index is 0.220. The highest BCUT2D eigenvalue weighted by Crippen LogP contribution is 2.41. The molecule has 5 rings (SSSR count). The minimum atomic E-state index is -0.918. The van der Waals surface area contributed by atoms with Crippen LogP contribution < -0.4 is 19.5 Å². The lowest BCUT2D eigenvalue weighted by Crippen LogP contribution is -2.25. The zero-order valence-corrected chi connectivity index (χ0v) is 22.4. The molecule has 4 aromatic rings. The molecule has 0 fully saturated rings. The lowest BCUT2D eigenvalue weighted by atomic mass is 9.93. The summed E-state index contributed by atoms with van der Waals surface area (Å²) in [5, 5.41) is 12.7. The average Bonchev–Trinajstić information content (AvgIpc) is 2.97. The normalized spacial score (nSPS) is 14.0. The monoisotopic (exact) mass is 559 g/mol. The Morgan fingerprint density at radius 3 is 2.67 bits per heavy atom. The number of carbonyl (C=O) groups is 2. The molecular weight excluding hydrogens is 534 g/mol. The molecule has 1 amide bonds. The summed E-state index contributed by atoms with van der Waals surface area (Å²) in [7, 11) is 1.57. The van der Waals surface area contributed by atoms with Gasteiger partial charge < -0.3 is 24.6 Å². The topological polar surface area (TPSA) is 120 Å². The van der Waals surface area contributed by atoms with Crippen molar-refractivity contribution in [1.29, 1.82) is 0 Å². The number of aliphatic carboxylic acids is 1. The third-order valence-electron chi connectivity index (χ3n) is 6.46. The molecule has 2 aromatic heterocycles. The van der Waals surface area contributed by atoms with Gasteiger partial charge in [0.25, 0.3) is 5.91 Å². The van der Waals surface area contributed by atoms with Crippen LogP contribution in [0.15, 0.2) is 72.9 Å². The highest BCUT2D eigenvalue weighted by molar-refractivity contribution is 6.32. The van der Waals surface area contributed by atoms with Gasteiger partial charge in [-0.25, -0.2) is 4.98 Å². The van der Waals surface area contributed by atoms with Crippen LogP contribution >= 0.6 is 11.6 Å². The van der Waals surface area contributed by atoms with Crippen molar-refractivity contribution in [3.8, 4) is 34.4 Å². The Labute approximate surface area is 235 Å². The van der Waals surface area contributed by atoms with Crippen LogP contribution in [0, 0.1) is 0 Å². The second-order valence-corrected chi connectivity index (χ2v) is 9.49. The maximum absolute atomic E-state index is 12.7. The predicted octanol–water partition coefficient (Wildman–Crippen LogP) is 5.52. The van der Waals surface area contributed by atoms with Gasteiger partial charge in [-0.1, -0.05) is 17.7 Å². The molecule has 1 atom stereocenters. The SMILES string of the molecule is COc1ccc(-c2cccc(CCNC(=O)c3ccc(Oc4cc5c(cc4Cl)C(C(=O)O)CCO5)cc3)n2)cn1. The quantitative estimate of drug-likeness (QED) is 0.275. The number of carbonyl (C=O) groups excluding carboxylic acids is 1. The summed E-state index contributed by atoms with van der Waals surface area (Å²) in [5.74, 6) is -0.0221. The van der Waals surface area contributed by atoms with E-state index in [1.54, 1.807) is 55.8 Å². The van der Waals surface area contributed by atoms with Gasteiger partial charge in [-0.15, -0.1) is 0 Å². The number of carboxylic acid groups (broad SMARTS) is 1. The average molecular weight is 560 g/mol.